The minimum absolute atomic E-state index is 0.0789. The predicted molar refractivity (Wildman–Crippen MR) is 94.9 cm³/mol. The summed E-state index contributed by atoms with van der Waals surface area (Å²) in [5.74, 6) is 0.256. The van der Waals surface area contributed by atoms with E-state index in [0.29, 0.717) is 11.5 Å². The van der Waals surface area contributed by atoms with Crippen LogP contribution in [0.2, 0.25) is 0 Å². The number of para-hydroxylation sites is 1. The zero-order chi connectivity index (χ0) is 16.8. The van der Waals surface area contributed by atoms with Crippen LogP contribution in [0.5, 0.6) is 0 Å². The molecule has 0 fully saturated rings. The first-order valence-electron chi connectivity index (χ1n) is 7.72. The maximum absolute atomic E-state index is 12.2. The second kappa shape index (κ2) is 7.37. The van der Waals surface area contributed by atoms with Gasteiger partial charge in [-0.2, -0.15) is 0 Å². The van der Waals surface area contributed by atoms with Gasteiger partial charge < -0.3 is 10.6 Å². The third-order valence-corrected chi connectivity index (χ3v) is 3.59. The molecule has 0 bridgehead atoms. The summed E-state index contributed by atoms with van der Waals surface area (Å²) in [6, 6.07) is 19.4. The molecule has 0 aliphatic heterocycles. The number of hydrogen-bond donors (Lipinski definition) is 2. The molecule has 5 nitrogen and oxygen atoms in total. The van der Waals surface area contributed by atoms with Gasteiger partial charge in [-0.3, -0.25) is 4.79 Å². The molecule has 5 heteroatoms. The van der Waals surface area contributed by atoms with Crippen molar-refractivity contribution in [3.05, 3.63) is 84.2 Å². The third kappa shape index (κ3) is 3.95. The lowest BCUT2D eigenvalue weighted by molar-refractivity contribution is 0.102. The highest BCUT2D eigenvalue weighted by atomic mass is 16.1. The molecule has 0 aliphatic rings. The predicted octanol–water partition coefficient (Wildman–Crippen LogP) is 3.90. The van der Waals surface area contributed by atoms with Gasteiger partial charge >= 0.3 is 0 Å². The smallest absolute Gasteiger partial charge is 0.258 e. The normalized spacial score (nSPS) is 11.5. The van der Waals surface area contributed by atoms with Crippen molar-refractivity contribution < 1.29 is 4.79 Å². The quantitative estimate of drug-likeness (QED) is 0.748. The van der Waals surface area contributed by atoms with Crippen LogP contribution >= 0.6 is 0 Å². The van der Waals surface area contributed by atoms with Crippen molar-refractivity contribution >= 4 is 17.5 Å². The molecule has 24 heavy (non-hydrogen) atoms. The van der Waals surface area contributed by atoms with Crippen molar-refractivity contribution in [2.75, 3.05) is 10.6 Å². The number of nitrogens with zero attached hydrogens (tertiary/aromatic N) is 2. The van der Waals surface area contributed by atoms with Crippen molar-refractivity contribution in [3.8, 4) is 0 Å². The summed E-state index contributed by atoms with van der Waals surface area (Å²) in [6.07, 6.45) is 3.04. The Balaban J connectivity index is 1.64. The molecule has 2 N–H and O–H groups in total. The van der Waals surface area contributed by atoms with Gasteiger partial charge in [0.25, 0.3) is 5.91 Å². The number of anilines is 2. The molecule has 0 spiro atoms. The zero-order valence-electron chi connectivity index (χ0n) is 13.3. The highest BCUT2D eigenvalue weighted by Crippen LogP contribution is 2.16. The molecule has 2 aromatic carbocycles. The molecule has 0 aliphatic carbocycles. The first kappa shape index (κ1) is 15.7. The highest BCUT2D eigenvalue weighted by molar-refractivity contribution is 6.03. The average molecular weight is 318 g/mol. The van der Waals surface area contributed by atoms with E-state index in [1.165, 1.54) is 12.4 Å². The van der Waals surface area contributed by atoms with Gasteiger partial charge in [0.1, 0.15) is 0 Å². The van der Waals surface area contributed by atoms with Gasteiger partial charge in [-0.05, 0) is 24.6 Å². The van der Waals surface area contributed by atoms with Gasteiger partial charge in [0, 0.05) is 18.1 Å². The number of nitrogens with one attached hydrogen (secondary N) is 2. The van der Waals surface area contributed by atoms with Crippen molar-refractivity contribution in [2.45, 2.75) is 13.0 Å². The van der Waals surface area contributed by atoms with Crippen LogP contribution in [-0.2, 0) is 0 Å². The Kier molecular flexibility index (Phi) is 4.81. The zero-order valence-corrected chi connectivity index (χ0v) is 13.3. The monoisotopic (exact) mass is 318 g/mol. The number of rotatable bonds is 5. The SMILES string of the molecule is CC(Nc1ncc(C(=O)Nc2ccccc2)cn1)c1ccccc1. The summed E-state index contributed by atoms with van der Waals surface area (Å²) in [5.41, 5.74) is 2.30. The van der Waals surface area contributed by atoms with Gasteiger partial charge in [0.15, 0.2) is 0 Å². The lowest BCUT2D eigenvalue weighted by Crippen LogP contribution is -2.14. The number of aromatic nitrogens is 2. The Morgan fingerprint density at radius 1 is 0.917 bits per heavy atom. The van der Waals surface area contributed by atoms with E-state index in [9.17, 15) is 4.79 Å². The molecular formula is C19H18N4O. The lowest BCUT2D eigenvalue weighted by Gasteiger charge is -2.14. The first-order chi connectivity index (χ1) is 11.7. The van der Waals surface area contributed by atoms with E-state index in [1.807, 2.05) is 67.6 Å². The van der Waals surface area contributed by atoms with Gasteiger partial charge in [0.2, 0.25) is 5.95 Å². The van der Waals surface area contributed by atoms with Crippen LogP contribution in [0.1, 0.15) is 28.9 Å². The van der Waals surface area contributed by atoms with E-state index in [-0.39, 0.29) is 11.9 Å². The molecule has 1 atom stereocenters. The van der Waals surface area contributed by atoms with Gasteiger partial charge in [-0.1, -0.05) is 48.5 Å². The molecule has 3 aromatic rings. The molecule has 3 rings (SSSR count). The number of hydrogen-bond acceptors (Lipinski definition) is 4. The minimum Gasteiger partial charge on any atom is -0.348 e. The summed E-state index contributed by atoms with van der Waals surface area (Å²) < 4.78 is 0. The largest absolute Gasteiger partial charge is 0.348 e. The Labute approximate surface area is 140 Å². The van der Waals surface area contributed by atoms with Crippen LogP contribution < -0.4 is 10.6 Å². The standard InChI is InChI=1S/C19H18N4O/c1-14(15-8-4-2-5-9-15)22-19-20-12-16(13-21-19)18(24)23-17-10-6-3-7-11-17/h2-14H,1H3,(H,23,24)(H,20,21,22). The minimum atomic E-state index is -0.233. The van der Waals surface area contributed by atoms with Crippen LogP contribution in [0, 0.1) is 0 Å². The average Bonchev–Trinajstić information content (AvgIpc) is 2.64. The topological polar surface area (TPSA) is 66.9 Å². The second-order valence-corrected chi connectivity index (χ2v) is 5.39. The van der Waals surface area contributed by atoms with E-state index in [1.54, 1.807) is 0 Å². The van der Waals surface area contributed by atoms with Gasteiger partial charge in [-0.25, -0.2) is 9.97 Å². The Hall–Kier alpha value is -3.21. The number of amides is 1. The van der Waals surface area contributed by atoms with Crippen molar-refractivity contribution in [3.63, 3.8) is 0 Å². The fourth-order valence-electron chi connectivity index (χ4n) is 2.26. The molecule has 1 amide bonds. The van der Waals surface area contributed by atoms with Gasteiger partial charge in [-0.15, -0.1) is 0 Å². The molecule has 120 valence electrons. The third-order valence-electron chi connectivity index (χ3n) is 3.59. The Morgan fingerprint density at radius 3 is 2.12 bits per heavy atom. The number of carbonyl (C=O) groups is 1. The van der Waals surface area contributed by atoms with Crippen molar-refractivity contribution in [1.29, 1.82) is 0 Å². The lowest BCUT2D eigenvalue weighted by atomic mass is 10.1. The van der Waals surface area contributed by atoms with E-state index in [2.05, 4.69) is 20.6 Å². The Morgan fingerprint density at radius 2 is 1.50 bits per heavy atom. The molecule has 1 aromatic heterocycles. The summed E-state index contributed by atoms with van der Waals surface area (Å²) >= 11 is 0. The van der Waals surface area contributed by atoms with Crippen LogP contribution in [-0.4, -0.2) is 15.9 Å². The van der Waals surface area contributed by atoms with Gasteiger partial charge in [0.05, 0.1) is 11.6 Å². The molecule has 0 radical (unpaired) electrons. The molecular weight excluding hydrogens is 300 g/mol. The molecule has 1 unspecified atom stereocenters. The highest BCUT2D eigenvalue weighted by Gasteiger charge is 2.09. The maximum Gasteiger partial charge on any atom is 0.258 e. The van der Waals surface area contributed by atoms with Crippen molar-refractivity contribution in [1.82, 2.24) is 9.97 Å². The van der Waals surface area contributed by atoms with E-state index >= 15 is 0 Å². The number of carbonyl (C=O) groups excluding carboxylic acids is 1. The van der Waals surface area contributed by atoms with Crippen LogP contribution in [0.3, 0.4) is 0 Å². The molecule has 0 saturated carbocycles. The fraction of sp³-hybridized carbons (Fsp3) is 0.105. The molecule has 1 heterocycles. The summed E-state index contributed by atoms with van der Waals surface area (Å²) in [4.78, 5) is 20.6. The summed E-state index contributed by atoms with van der Waals surface area (Å²) in [5, 5.41) is 6.03. The summed E-state index contributed by atoms with van der Waals surface area (Å²) in [7, 11) is 0. The van der Waals surface area contributed by atoms with E-state index in [0.717, 1.165) is 11.3 Å². The van der Waals surface area contributed by atoms with E-state index < -0.39 is 0 Å². The molecule has 0 saturated heterocycles. The van der Waals surface area contributed by atoms with Crippen LogP contribution in [0.15, 0.2) is 73.1 Å². The maximum atomic E-state index is 12.2. The first-order valence-corrected chi connectivity index (χ1v) is 7.72. The van der Waals surface area contributed by atoms with E-state index in [4.69, 9.17) is 0 Å². The van der Waals surface area contributed by atoms with Crippen molar-refractivity contribution in [2.24, 2.45) is 0 Å². The van der Waals surface area contributed by atoms with Crippen LogP contribution in [0.4, 0.5) is 11.6 Å². The Bertz CT molecular complexity index is 789. The van der Waals surface area contributed by atoms with Crippen LogP contribution in [0.25, 0.3) is 0 Å². The summed E-state index contributed by atoms with van der Waals surface area (Å²) in [6.45, 7) is 2.04. The number of benzene rings is 2. The second-order valence-electron chi connectivity index (χ2n) is 5.39. The fourth-order valence-corrected chi connectivity index (χ4v) is 2.26.